The zero-order valence-electron chi connectivity index (χ0n) is 10.5. The van der Waals surface area contributed by atoms with Gasteiger partial charge >= 0.3 is 0 Å². The predicted octanol–water partition coefficient (Wildman–Crippen LogP) is 0.401. The van der Waals surface area contributed by atoms with Crippen molar-refractivity contribution in [1.82, 2.24) is 24.9 Å². The SMILES string of the molecule is Nc1nc(NCCO)ncc1-c1cnc2[nH]ccc2n1. The Balaban J connectivity index is 1.96. The van der Waals surface area contributed by atoms with Crippen molar-refractivity contribution in [1.29, 1.82) is 0 Å². The second-order valence-corrected chi connectivity index (χ2v) is 4.11. The monoisotopic (exact) mass is 271 g/mol. The number of nitrogen functional groups attached to an aromatic ring is 1. The van der Waals surface area contributed by atoms with Crippen LogP contribution in [0.3, 0.4) is 0 Å². The lowest BCUT2D eigenvalue weighted by atomic mass is 10.2. The van der Waals surface area contributed by atoms with Crippen LogP contribution in [0.2, 0.25) is 0 Å². The zero-order chi connectivity index (χ0) is 13.9. The van der Waals surface area contributed by atoms with Gasteiger partial charge in [0.25, 0.3) is 0 Å². The van der Waals surface area contributed by atoms with Crippen LogP contribution in [0.25, 0.3) is 22.4 Å². The fraction of sp³-hybridized carbons (Fsp3) is 0.167. The van der Waals surface area contributed by atoms with Crippen molar-refractivity contribution >= 4 is 22.9 Å². The molecule has 0 atom stereocenters. The molecule has 0 amide bonds. The van der Waals surface area contributed by atoms with Gasteiger partial charge in [0.05, 0.1) is 24.1 Å². The predicted molar refractivity (Wildman–Crippen MR) is 74.9 cm³/mol. The Morgan fingerprint density at radius 3 is 2.95 bits per heavy atom. The minimum Gasteiger partial charge on any atom is -0.395 e. The van der Waals surface area contributed by atoms with Gasteiger partial charge in [-0.15, -0.1) is 0 Å². The molecule has 0 spiro atoms. The van der Waals surface area contributed by atoms with Crippen LogP contribution in [0.4, 0.5) is 11.8 Å². The smallest absolute Gasteiger partial charge is 0.224 e. The largest absolute Gasteiger partial charge is 0.395 e. The van der Waals surface area contributed by atoms with Crippen molar-refractivity contribution in [3.63, 3.8) is 0 Å². The first-order valence-corrected chi connectivity index (χ1v) is 6.05. The molecule has 0 bridgehead atoms. The molecule has 0 saturated heterocycles. The molecule has 3 aromatic rings. The molecule has 8 heteroatoms. The van der Waals surface area contributed by atoms with Gasteiger partial charge < -0.3 is 21.1 Å². The summed E-state index contributed by atoms with van der Waals surface area (Å²) >= 11 is 0. The number of nitrogens with two attached hydrogens (primary N) is 1. The van der Waals surface area contributed by atoms with Gasteiger partial charge in [0.2, 0.25) is 5.95 Å². The summed E-state index contributed by atoms with van der Waals surface area (Å²) in [6.07, 6.45) is 4.98. The molecule has 3 heterocycles. The molecule has 8 nitrogen and oxygen atoms in total. The molecule has 0 saturated carbocycles. The van der Waals surface area contributed by atoms with Gasteiger partial charge in [-0.1, -0.05) is 0 Å². The highest BCUT2D eigenvalue weighted by Crippen LogP contribution is 2.23. The van der Waals surface area contributed by atoms with Gasteiger partial charge in [-0.25, -0.2) is 15.0 Å². The summed E-state index contributed by atoms with van der Waals surface area (Å²) in [7, 11) is 0. The van der Waals surface area contributed by atoms with E-state index in [4.69, 9.17) is 10.8 Å². The summed E-state index contributed by atoms with van der Waals surface area (Å²) in [6.45, 7) is 0.370. The van der Waals surface area contributed by atoms with E-state index in [0.29, 0.717) is 29.6 Å². The molecular formula is C12H13N7O. The molecule has 0 aliphatic heterocycles. The normalized spacial score (nSPS) is 10.8. The van der Waals surface area contributed by atoms with Crippen LogP contribution < -0.4 is 11.1 Å². The second-order valence-electron chi connectivity index (χ2n) is 4.11. The number of H-pyrrole nitrogens is 1. The Morgan fingerprint density at radius 2 is 2.15 bits per heavy atom. The van der Waals surface area contributed by atoms with Gasteiger partial charge in [0, 0.05) is 18.9 Å². The van der Waals surface area contributed by atoms with Crippen LogP contribution in [0.5, 0.6) is 0 Å². The number of nitrogens with one attached hydrogen (secondary N) is 2. The number of aromatic amines is 1. The van der Waals surface area contributed by atoms with E-state index in [-0.39, 0.29) is 6.61 Å². The molecular weight excluding hydrogens is 258 g/mol. The highest BCUT2D eigenvalue weighted by Gasteiger charge is 2.09. The highest BCUT2D eigenvalue weighted by molar-refractivity contribution is 5.77. The number of aromatic nitrogens is 5. The van der Waals surface area contributed by atoms with Crippen LogP contribution in [-0.2, 0) is 0 Å². The molecule has 20 heavy (non-hydrogen) atoms. The van der Waals surface area contributed by atoms with E-state index < -0.39 is 0 Å². The Labute approximate surface area is 114 Å². The zero-order valence-corrected chi connectivity index (χ0v) is 10.5. The first-order chi connectivity index (χ1) is 9.78. The van der Waals surface area contributed by atoms with Crippen molar-refractivity contribution in [2.75, 3.05) is 24.2 Å². The molecule has 5 N–H and O–H groups in total. The van der Waals surface area contributed by atoms with Crippen LogP contribution in [0.15, 0.2) is 24.7 Å². The first-order valence-electron chi connectivity index (χ1n) is 6.05. The van der Waals surface area contributed by atoms with Gasteiger partial charge in [-0.2, -0.15) is 4.98 Å². The molecule has 3 rings (SSSR count). The highest BCUT2D eigenvalue weighted by atomic mass is 16.3. The van der Waals surface area contributed by atoms with E-state index in [2.05, 4.69) is 30.2 Å². The molecule has 0 radical (unpaired) electrons. The molecule has 0 unspecified atom stereocenters. The Bertz CT molecular complexity index is 740. The Morgan fingerprint density at radius 1 is 1.25 bits per heavy atom. The minimum absolute atomic E-state index is 0.000643. The number of hydrogen-bond donors (Lipinski definition) is 4. The maximum absolute atomic E-state index is 8.74. The summed E-state index contributed by atoms with van der Waals surface area (Å²) in [5, 5.41) is 11.6. The topological polar surface area (TPSA) is 126 Å². The quantitative estimate of drug-likeness (QED) is 0.541. The van der Waals surface area contributed by atoms with Gasteiger partial charge in [0.1, 0.15) is 11.3 Å². The Kier molecular flexibility index (Phi) is 3.13. The molecule has 0 fully saturated rings. The Hall–Kier alpha value is -2.74. The summed E-state index contributed by atoms with van der Waals surface area (Å²) in [5.74, 6) is 0.681. The lowest BCUT2D eigenvalue weighted by molar-refractivity contribution is 0.311. The summed E-state index contributed by atoms with van der Waals surface area (Å²) < 4.78 is 0. The van der Waals surface area contributed by atoms with Crippen LogP contribution in [0, 0.1) is 0 Å². The average Bonchev–Trinajstić information content (AvgIpc) is 2.92. The van der Waals surface area contributed by atoms with Crippen molar-refractivity contribution in [2.24, 2.45) is 0 Å². The third-order valence-corrected chi connectivity index (χ3v) is 2.75. The number of aliphatic hydroxyl groups is 1. The van der Waals surface area contributed by atoms with Gasteiger partial charge in [-0.05, 0) is 6.07 Å². The molecule has 0 aliphatic carbocycles. The molecule has 102 valence electrons. The molecule has 0 aliphatic rings. The van der Waals surface area contributed by atoms with Gasteiger partial charge in [0.15, 0.2) is 5.65 Å². The number of nitrogens with zero attached hydrogens (tertiary/aromatic N) is 4. The number of rotatable bonds is 4. The first kappa shape index (κ1) is 12.3. The fourth-order valence-electron chi connectivity index (χ4n) is 1.81. The number of aliphatic hydroxyl groups excluding tert-OH is 1. The third kappa shape index (κ3) is 2.24. The van der Waals surface area contributed by atoms with Crippen LogP contribution >= 0.6 is 0 Å². The van der Waals surface area contributed by atoms with Gasteiger partial charge in [-0.3, -0.25) is 0 Å². The maximum atomic E-state index is 8.74. The van der Waals surface area contributed by atoms with E-state index >= 15 is 0 Å². The van der Waals surface area contributed by atoms with E-state index in [1.165, 1.54) is 0 Å². The van der Waals surface area contributed by atoms with E-state index in [9.17, 15) is 0 Å². The van der Waals surface area contributed by atoms with Crippen molar-refractivity contribution in [3.05, 3.63) is 24.7 Å². The minimum atomic E-state index is 0.000643. The number of fused-ring (bicyclic) bond motifs is 1. The van der Waals surface area contributed by atoms with Crippen molar-refractivity contribution in [2.45, 2.75) is 0 Å². The summed E-state index contributed by atoms with van der Waals surface area (Å²) in [4.78, 5) is 19.9. The summed E-state index contributed by atoms with van der Waals surface area (Å²) in [5.41, 5.74) is 8.62. The average molecular weight is 271 g/mol. The fourth-order valence-corrected chi connectivity index (χ4v) is 1.81. The molecule has 3 aromatic heterocycles. The maximum Gasteiger partial charge on any atom is 0.224 e. The van der Waals surface area contributed by atoms with Crippen molar-refractivity contribution in [3.8, 4) is 11.3 Å². The van der Waals surface area contributed by atoms with Crippen LogP contribution in [0.1, 0.15) is 0 Å². The van der Waals surface area contributed by atoms with E-state index in [1.807, 2.05) is 6.07 Å². The lowest BCUT2D eigenvalue weighted by Crippen LogP contribution is -2.10. The lowest BCUT2D eigenvalue weighted by Gasteiger charge is -2.07. The number of hydrogen-bond acceptors (Lipinski definition) is 7. The van der Waals surface area contributed by atoms with E-state index in [0.717, 1.165) is 11.2 Å². The number of anilines is 2. The summed E-state index contributed by atoms with van der Waals surface area (Å²) in [6, 6.07) is 1.83. The van der Waals surface area contributed by atoms with Crippen molar-refractivity contribution < 1.29 is 5.11 Å². The molecule has 0 aromatic carbocycles. The second kappa shape index (κ2) is 5.10. The standard InChI is InChI=1S/C12H13N7O/c13-10-7(5-17-12(19-10)15-3-4-20)9-6-16-11-8(18-9)1-2-14-11/h1-2,5-6,20H,3-4H2,(H,14,16)(H3,13,15,17,19). The van der Waals surface area contributed by atoms with E-state index in [1.54, 1.807) is 18.6 Å². The third-order valence-electron chi connectivity index (χ3n) is 2.75. The van der Waals surface area contributed by atoms with Crippen LogP contribution in [-0.4, -0.2) is 43.2 Å².